The van der Waals surface area contributed by atoms with E-state index in [-0.39, 0.29) is 38.1 Å². The molecule has 2 aromatic rings. The SMILES string of the molecule is O=c1c[c-]oc2ccccc12.[Y]. The van der Waals surface area contributed by atoms with Gasteiger partial charge in [0.05, 0.1) is 5.43 Å². The fourth-order valence-corrected chi connectivity index (χ4v) is 0.983. The van der Waals surface area contributed by atoms with Crippen molar-refractivity contribution in [1.29, 1.82) is 0 Å². The van der Waals surface area contributed by atoms with Crippen LogP contribution >= 0.6 is 0 Å². The maximum atomic E-state index is 11.1. The van der Waals surface area contributed by atoms with Crippen LogP contribution in [0.3, 0.4) is 0 Å². The van der Waals surface area contributed by atoms with Gasteiger partial charge in [-0.05, 0) is 11.6 Å². The van der Waals surface area contributed by atoms with E-state index in [1.165, 1.54) is 6.07 Å². The zero-order chi connectivity index (χ0) is 7.68. The molecule has 0 fully saturated rings. The second-order valence-electron chi connectivity index (χ2n) is 2.22. The van der Waals surface area contributed by atoms with Crippen LogP contribution in [0, 0.1) is 6.26 Å². The monoisotopic (exact) mass is 234 g/mol. The third-order valence-corrected chi connectivity index (χ3v) is 1.51. The molecule has 0 saturated carbocycles. The van der Waals surface area contributed by atoms with Crippen LogP contribution in [0.15, 0.2) is 39.5 Å². The van der Waals surface area contributed by atoms with Gasteiger partial charge in [-0.3, -0.25) is 0 Å². The molecule has 0 bridgehead atoms. The van der Waals surface area contributed by atoms with Gasteiger partial charge in [-0.25, -0.2) is 0 Å². The summed E-state index contributed by atoms with van der Waals surface area (Å²) in [6, 6.07) is 8.39. The van der Waals surface area contributed by atoms with Gasteiger partial charge in [-0.2, -0.15) is 0 Å². The molecular weight excluding hydrogens is 229 g/mol. The molecule has 57 valence electrons. The molecule has 0 N–H and O–H groups in total. The topological polar surface area (TPSA) is 30.2 Å². The van der Waals surface area contributed by atoms with Gasteiger partial charge in [0.15, 0.2) is 0 Å². The summed E-state index contributed by atoms with van der Waals surface area (Å²) in [5.74, 6) is 0. The van der Waals surface area contributed by atoms with Crippen molar-refractivity contribution in [1.82, 2.24) is 0 Å². The van der Waals surface area contributed by atoms with E-state index in [0.29, 0.717) is 11.0 Å². The third-order valence-electron chi connectivity index (χ3n) is 1.51. The minimum absolute atomic E-state index is 0. The normalized spacial score (nSPS) is 9.33. The molecule has 0 unspecified atom stereocenters. The van der Waals surface area contributed by atoms with Crippen molar-refractivity contribution in [3.63, 3.8) is 0 Å². The van der Waals surface area contributed by atoms with E-state index in [9.17, 15) is 4.79 Å². The number of rotatable bonds is 0. The summed E-state index contributed by atoms with van der Waals surface area (Å²) in [5.41, 5.74) is 0.534. The van der Waals surface area contributed by atoms with E-state index in [1.807, 2.05) is 6.07 Å². The van der Waals surface area contributed by atoms with E-state index in [2.05, 4.69) is 6.26 Å². The first-order valence-corrected chi connectivity index (χ1v) is 3.27. The molecule has 1 radical (unpaired) electrons. The minimum atomic E-state index is -0.0492. The molecule has 0 spiro atoms. The quantitative estimate of drug-likeness (QED) is 0.648. The first-order valence-electron chi connectivity index (χ1n) is 3.27. The molecule has 3 heteroatoms. The Morgan fingerprint density at radius 2 is 2.00 bits per heavy atom. The van der Waals surface area contributed by atoms with Crippen LogP contribution in [0.25, 0.3) is 11.0 Å². The summed E-state index contributed by atoms with van der Waals surface area (Å²) in [4.78, 5) is 11.1. The predicted molar refractivity (Wildman–Crippen MR) is 41.3 cm³/mol. The molecule has 0 aliphatic carbocycles. The number of hydrogen-bond acceptors (Lipinski definition) is 2. The molecule has 1 aromatic heterocycles. The number of fused-ring (bicyclic) bond motifs is 1. The maximum Gasteiger partial charge on any atom is 0.0777 e. The van der Waals surface area contributed by atoms with Crippen LogP contribution in [0.2, 0.25) is 0 Å². The molecule has 2 nitrogen and oxygen atoms in total. The summed E-state index contributed by atoms with van der Waals surface area (Å²) in [6.45, 7) is 0. The van der Waals surface area contributed by atoms with E-state index >= 15 is 0 Å². The Bertz CT molecular complexity index is 428. The zero-order valence-corrected chi connectivity index (χ0v) is 9.12. The van der Waals surface area contributed by atoms with E-state index in [0.717, 1.165) is 0 Å². The summed E-state index contributed by atoms with van der Waals surface area (Å²) in [7, 11) is 0. The van der Waals surface area contributed by atoms with Crippen molar-refractivity contribution >= 4 is 11.0 Å². The van der Waals surface area contributed by atoms with E-state index in [4.69, 9.17) is 4.42 Å². The number of benzene rings is 1. The smallest absolute Gasteiger partial charge is 0.0777 e. The minimum Gasteiger partial charge on any atom is -0.581 e. The summed E-state index contributed by atoms with van der Waals surface area (Å²) < 4.78 is 4.97. The van der Waals surface area contributed by atoms with Gasteiger partial charge in [0, 0.05) is 38.3 Å². The van der Waals surface area contributed by atoms with E-state index < -0.39 is 0 Å². The van der Waals surface area contributed by atoms with Crippen LogP contribution < -0.4 is 5.43 Å². The standard InChI is InChI=1S/C9H5O2.Y/c10-8-5-6-11-9-4-2-1-3-7(8)9;/h1-5H;/q-1;. The molecule has 1 heterocycles. The molecule has 0 aliphatic rings. The number of hydrogen-bond donors (Lipinski definition) is 0. The maximum absolute atomic E-state index is 11.1. The third kappa shape index (κ3) is 1.65. The number of para-hydroxylation sites is 1. The fraction of sp³-hybridized carbons (Fsp3) is 0. The van der Waals surface area contributed by atoms with Crippen molar-refractivity contribution in [3.8, 4) is 0 Å². The molecule has 1 aromatic carbocycles. The van der Waals surface area contributed by atoms with Crippen molar-refractivity contribution in [3.05, 3.63) is 46.8 Å². The summed E-state index contributed by atoms with van der Waals surface area (Å²) in [5, 5.41) is 0.603. The average molecular weight is 234 g/mol. The van der Waals surface area contributed by atoms with Crippen LogP contribution in [0.4, 0.5) is 0 Å². The Morgan fingerprint density at radius 3 is 2.75 bits per heavy atom. The van der Waals surface area contributed by atoms with Gasteiger partial charge in [0.2, 0.25) is 0 Å². The van der Waals surface area contributed by atoms with Gasteiger partial charge < -0.3 is 9.21 Å². The Hall–Kier alpha value is -0.466. The van der Waals surface area contributed by atoms with Gasteiger partial charge in [-0.15, -0.1) is 0 Å². The molecule has 2 rings (SSSR count). The Balaban J connectivity index is 0.000000720. The van der Waals surface area contributed by atoms with Crippen molar-refractivity contribution < 1.29 is 37.1 Å². The fourth-order valence-electron chi connectivity index (χ4n) is 0.983. The molecule has 0 amide bonds. The zero-order valence-electron chi connectivity index (χ0n) is 6.28. The van der Waals surface area contributed by atoms with Crippen molar-refractivity contribution in [2.75, 3.05) is 0 Å². The van der Waals surface area contributed by atoms with Crippen LogP contribution in [0.1, 0.15) is 0 Å². The van der Waals surface area contributed by atoms with Gasteiger partial charge in [0.25, 0.3) is 0 Å². The largest absolute Gasteiger partial charge is 0.581 e. The summed E-state index contributed by atoms with van der Waals surface area (Å²) >= 11 is 0. The second-order valence-corrected chi connectivity index (χ2v) is 2.22. The predicted octanol–water partition coefficient (Wildman–Crippen LogP) is 1.59. The van der Waals surface area contributed by atoms with Gasteiger partial charge in [-0.1, -0.05) is 30.3 Å². The van der Waals surface area contributed by atoms with E-state index in [1.54, 1.807) is 18.2 Å². The van der Waals surface area contributed by atoms with Crippen LogP contribution in [-0.4, -0.2) is 0 Å². The Kier molecular flexibility index (Phi) is 3.18. The second kappa shape index (κ2) is 3.97. The Morgan fingerprint density at radius 1 is 1.25 bits per heavy atom. The van der Waals surface area contributed by atoms with Crippen molar-refractivity contribution in [2.24, 2.45) is 0 Å². The summed E-state index contributed by atoms with van der Waals surface area (Å²) in [6.07, 6.45) is 2.42. The first-order chi connectivity index (χ1) is 5.38. The van der Waals surface area contributed by atoms with Gasteiger partial charge in [0.1, 0.15) is 0 Å². The first kappa shape index (κ1) is 9.62. The molecule has 0 atom stereocenters. The van der Waals surface area contributed by atoms with Crippen molar-refractivity contribution in [2.45, 2.75) is 0 Å². The molecule has 12 heavy (non-hydrogen) atoms. The molecular formula is C9H5O2Y-. The Labute approximate surface area is 94.5 Å². The van der Waals surface area contributed by atoms with Crippen LogP contribution in [-0.2, 0) is 32.7 Å². The molecule has 0 saturated heterocycles. The van der Waals surface area contributed by atoms with Crippen LogP contribution in [0.5, 0.6) is 0 Å². The average Bonchev–Trinajstić information content (AvgIpc) is 2.06. The molecule has 0 aliphatic heterocycles. The van der Waals surface area contributed by atoms with Gasteiger partial charge >= 0.3 is 0 Å².